The summed E-state index contributed by atoms with van der Waals surface area (Å²) in [4.78, 5) is 10.6. The van der Waals surface area contributed by atoms with E-state index >= 15 is 0 Å². The van der Waals surface area contributed by atoms with E-state index in [4.69, 9.17) is 16.6 Å². The largest absolute Gasteiger partial charge is 0.480 e. The molecule has 94 valence electrons. The second kappa shape index (κ2) is 4.72. The summed E-state index contributed by atoms with van der Waals surface area (Å²) in [5.41, 5.74) is 11.6. The number of benzene rings is 1. The van der Waals surface area contributed by atoms with Crippen molar-refractivity contribution in [3.63, 3.8) is 0 Å². The molecule has 0 aliphatic heterocycles. The van der Waals surface area contributed by atoms with Crippen molar-refractivity contribution in [1.82, 2.24) is 0 Å². The van der Waals surface area contributed by atoms with Crippen LogP contribution in [0.1, 0.15) is 5.56 Å². The molecular weight excluding hydrogens is 244 g/mol. The zero-order valence-corrected chi connectivity index (χ0v) is 10.1. The lowest BCUT2D eigenvalue weighted by atomic mass is 10.1. The van der Waals surface area contributed by atoms with Gasteiger partial charge in [0.15, 0.2) is 9.84 Å². The molecule has 0 aliphatic carbocycles. The molecule has 0 aliphatic rings. The van der Waals surface area contributed by atoms with Crippen molar-refractivity contribution in [3.05, 3.63) is 23.8 Å². The number of nitrogens with two attached hydrogens (primary N) is 2. The maximum absolute atomic E-state index is 11.4. The Labute approximate surface area is 99.2 Å². The van der Waals surface area contributed by atoms with Gasteiger partial charge < -0.3 is 16.6 Å². The Bertz CT molecular complexity index is 539. The number of aliphatic carboxylic acids is 1. The van der Waals surface area contributed by atoms with Crippen LogP contribution in [0.2, 0.25) is 0 Å². The van der Waals surface area contributed by atoms with E-state index in [0.29, 0.717) is 5.56 Å². The quantitative estimate of drug-likeness (QED) is 0.633. The molecule has 5 N–H and O–H groups in total. The first-order valence-corrected chi connectivity index (χ1v) is 6.68. The molecule has 0 saturated carbocycles. The van der Waals surface area contributed by atoms with Crippen molar-refractivity contribution in [2.24, 2.45) is 5.73 Å². The second-order valence-electron chi connectivity index (χ2n) is 3.79. The standard InChI is InChI=1S/C10H14N2O4S/c1-17(15,16)9-5-6(2-3-7(9)11)4-8(12)10(13)14/h2-3,5,8H,4,11-12H2,1H3,(H,13,14). The van der Waals surface area contributed by atoms with Gasteiger partial charge in [-0.05, 0) is 24.1 Å². The topological polar surface area (TPSA) is 123 Å². The summed E-state index contributed by atoms with van der Waals surface area (Å²) in [5.74, 6) is -1.14. The molecule has 0 radical (unpaired) electrons. The van der Waals surface area contributed by atoms with Gasteiger partial charge in [-0.1, -0.05) is 6.07 Å². The van der Waals surface area contributed by atoms with E-state index < -0.39 is 21.8 Å². The van der Waals surface area contributed by atoms with Crippen molar-refractivity contribution in [2.75, 3.05) is 12.0 Å². The van der Waals surface area contributed by atoms with Crippen molar-refractivity contribution >= 4 is 21.5 Å². The average molecular weight is 258 g/mol. The Balaban J connectivity index is 3.10. The van der Waals surface area contributed by atoms with Gasteiger partial charge in [-0.3, -0.25) is 4.79 Å². The molecule has 1 aromatic carbocycles. The number of carboxylic acids is 1. The van der Waals surface area contributed by atoms with Crippen molar-refractivity contribution in [1.29, 1.82) is 0 Å². The normalized spacial score (nSPS) is 13.3. The first-order chi connectivity index (χ1) is 7.71. The molecule has 0 amide bonds. The fraction of sp³-hybridized carbons (Fsp3) is 0.300. The third kappa shape index (κ3) is 3.43. The van der Waals surface area contributed by atoms with Crippen molar-refractivity contribution < 1.29 is 18.3 Å². The summed E-state index contributed by atoms with van der Waals surface area (Å²) in [6.07, 6.45) is 1.09. The number of carboxylic acid groups (broad SMARTS) is 1. The highest BCUT2D eigenvalue weighted by molar-refractivity contribution is 7.90. The molecule has 6 nitrogen and oxygen atoms in total. The molecule has 1 aromatic rings. The number of rotatable bonds is 4. The highest BCUT2D eigenvalue weighted by Crippen LogP contribution is 2.20. The zero-order chi connectivity index (χ0) is 13.2. The van der Waals surface area contributed by atoms with E-state index in [9.17, 15) is 13.2 Å². The predicted octanol–water partition coefficient (Wildman–Crippen LogP) is -0.373. The Kier molecular flexibility index (Phi) is 3.74. The third-order valence-electron chi connectivity index (χ3n) is 2.25. The van der Waals surface area contributed by atoms with Gasteiger partial charge in [-0.2, -0.15) is 0 Å². The van der Waals surface area contributed by atoms with Gasteiger partial charge in [0.05, 0.1) is 10.6 Å². The van der Waals surface area contributed by atoms with Crippen LogP contribution in [0.25, 0.3) is 0 Å². The van der Waals surface area contributed by atoms with Gasteiger partial charge in [0.1, 0.15) is 6.04 Å². The number of anilines is 1. The highest BCUT2D eigenvalue weighted by atomic mass is 32.2. The van der Waals surface area contributed by atoms with E-state index in [1.807, 2.05) is 0 Å². The summed E-state index contributed by atoms with van der Waals surface area (Å²) in [7, 11) is -3.43. The minimum atomic E-state index is -3.43. The predicted molar refractivity (Wildman–Crippen MR) is 63.3 cm³/mol. The summed E-state index contributed by atoms with van der Waals surface area (Å²) in [5, 5.41) is 8.66. The smallest absolute Gasteiger partial charge is 0.320 e. The van der Waals surface area contributed by atoms with Crippen LogP contribution in [-0.4, -0.2) is 31.8 Å². The molecule has 1 unspecified atom stereocenters. The molecule has 17 heavy (non-hydrogen) atoms. The molecular formula is C10H14N2O4S. The maximum Gasteiger partial charge on any atom is 0.320 e. The lowest BCUT2D eigenvalue weighted by molar-refractivity contribution is -0.138. The number of nitrogen functional groups attached to an aromatic ring is 1. The summed E-state index contributed by atoms with van der Waals surface area (Å²) < 4.78 is 22.8. The number of hydrogen-bond donors (Lipinski definition) is 3. The molecule has 1 atom stereocenters. The minimum Gasteiger partial charge on any atom is -0.480 e. The highest BCUT2D eigenvalue weighted by Gasteiger charge is 2.16. The van der Waals surface area contributed by atoms with Gasteiger partial charge >= 0.3 is 5.97 Å². The van der Waals surface area contributed by atoms with Crippen molar-refractivity contribution in [2.45, 2.75) is 17.4 Å². The van der Waals surface area contributed by atoms with Crippen LogP contribution in [0.4, 0.5) is 5.69 Å². The lowest BCUT2D eigenvalue weighted by Crippen LogP contribution is -2.32. The van der Waals surface area contributed by atoms with Crippen LogP contribution in [-0.2, 0) is 21.1 Å². The number of sulfone groups is 1. The van der Waals surface area contributed by atoms with Gasteiger partial charge in [-0.15, -0.1) is 0 Å². The van der Waals surface area contributed by atoms with Crippen molar-refractivity contribution in [3.8, 4) is 0 Å². The van der Waals surface area contributed by atoms with E-state index in [2.05, 4.69) is 0 Å². The van der Waals surface area contributed by atoms with Gasteiger partial charge in [-0.25, -0.2) is 8.42 Å². The molecule has 0 heterocycles. The van der Waals surface area contributed by atoms with Crippen LogP contribution in [0.3, 0.4) is 0 Å². The summed E-state index contributed by atoms with van der Waals surface area (Å²) in [6, 6.07) is 3.28. The first-order valence-electron chi connectivity index (χ1n) is 4.78. The average Bonchev–Trinajstić information content (AvgIpc) is 2.19. The fourth-order valence-corrected chi connectivity index (χ4v) is 2.23. The first kappa shape index (κ1) is 13.5. The van der Waals surface area contributed by atoms with Crippen LogP contribution < -0.4 is 11.5 Å². The number of hydrogen-bond acceptors (Lipinski definition) is 5. The fourth-order valence-electron chi connectivity index (χ4n) is 1.37. The third-order valence-corrected chi connectivity index (χ3v) is 3.40. The summed E-state index contributed by atoms with van der Waals surface area (Å²) >= 11 is 0. The van der Waals surface area contributed by atoms with E-state index in [1.165, 1.54) is 12.1 Å². The molecule has 7 heteroatoms. The van der Waals surface area contributed by atoms with E-state index in [0.717, 1.165) is 6.26 Å². The second-order valence-corrected chi connectivity index (χ2v) is 5.78. The Morgan fingerprint density at radius 1 is 1.47 bits per heavy atom. The zero-order valence-electron chi connectivity index (χ0n) is 9.25. The Morgan fingerprint density at radius 2 is 2.06 bits per heavy atom. The molecule has 0 bridgehead atoms. The summed E-state index contributed by atoms with van der Waals surface area (Å²) in [6.45, 7) is 0. The maximum atomic E-state index is 11.4. The van der Waals surface area contributed by atoms with Crippen LogP contribution in [0.15, 0.2) is 23.1 Å². The van der Waals surface area contributed by atoms with E-state index in [-0.39, 0.29) is 17.0 Å². The molecule has 0 spiro atoms. The molecule has 0 fully saturated rings. The monoisotopic (exact) mass is 258 g/mol. The Morgan fingerprint density at radius 3 is 2.53 bits per heavy atom. The molecule has 1 rings (SSSR count). The number of carbonyl (C=O) groups is 1. The van der Waals surface area contributed by atoms with Crippen LogP contribution in [0, 0.1) is 0 Å². The van der Waals surface area contributed by atoms with Gasteiger partial charge in [0.2, 0.25) is 0 Å². The van der Waals surface area contributed by atoms with Gasteiger partial charge in [0, 0.05) is 6.26 Å². The Hall–Kier alpha value is -1.60. The molecule has 0 aromatic heterocycles. The van der Waals surface area contributed by atoms with E-state index in [1.54, 1.807) is 6.07 Å². The molecule has 0 saturated heterocycles. The van der Waals surface area contributed by atoms with Crippen LogP contribution >= 0.6 is 0 Å². The van der Waals surface area contributed by atoms with Crippen LogP contribution in [0.5, 0.6) is 0 Å². The SMILES string of the molecule is CS(=O)(=O)c1cc(CC(N)C(=O)O)ccc1N. The lowest BCUT2D eigenvalue weighted by Gasteiger charge is -2.09. The van der Waals surface area contributed by atoms with Gasteiger partial charge in [0.25, 0.3) is 0 Å². The minimum absolute atomic E-state index is 0.00686.